The zero-order valence-corrected chi connectivity index (χ0v) is 12.4. The Labute approximate surface area is 134 Å². The molecule has 3 rings (SSSR count). The van der Waals surface area contributed by atoms with E-state index < -0.39 is 36.6 Å². The lowest BCUT2D eigenvalue weighted by Gasteiger charge is -2.11. The van der Waals surface area contributed by atoms with Crippen LogP contribution in [0.5, 0.6) is 0 Å². The first-order chi connectivity index (χ1) is 11.4. The number of alkyl halides is 2. The summed E-state index contributed by atoms with van der Waals surface area (Å²) in [7, 11) is 0. The molecule has 1 atom stereocenters. The van der Waals surface area contributed by atoms with Crippen molar-refractivity contribution >= 4 is 17.8 Å². The standard InChI is InChI=1S/C14H12F3N5O2/c1-7-12(19-20-22(7)9-4-2-8(15)3-5-9)21-13(23)10(6-11(16)17)18-14(21)24/h2-5,10-11H,6H2,1H3,(H,18,24). The molecule has 7 nitrogen and oxygen atoms in total. The van der Waals surface area contributed by atoms with Crippen molar-refractivity contribution in [2.24, 2.45) is 0 Å². The second-order valence-electron chi connectivity index (χ2n) is 5.19. The molecular formula is C14H12F3N5O2. The predicted octanol–water partition coefficient (Wildman–Crippen LogP) is 1.79. The molecule has 1 saturated heterocycles. The molecule has 24 heavy (non-hydrogen) atoms. The van der Waals surface area contributed by atoms with Crippen molar-refractivity contribution in [3.63, 3.8) is 0 Å². The van der Waals surface area contributed by atoms with Crippen LogP contribution in [-0.4, -0.2) is 39.4 Å². The molecule has 1 unspecified atom stereocenters. The van der Waals surface area contributed by atoms with E-state index in [0.29, 0.717) is 16.3 Å². The first-order valence-electron chi connectivity index (χ1n) is 6.99. The molecule has 1 N–H and O–H groups in total. The van der Waals surface area contributed by atoms with E-state index in [1.54, 1.807) is 6.92 Å². The maximum Gasteiger partial charge on any atom is 0.330 e. The molecule has 1 aromatic heterocycles. The quantitative estimate of drug-likeness (QED) is 0.862. The highest BCUT2D eigenvalue weighted by atomic mass is 19.3. The minimum Gasteiger partial charge on any atom is -0.325 e. The molecule has 0 bridgehead atoms. The van der Waals surface area contributed by atoms with E-state index in [2.05, 4.69) is 15.6 Å². The second-order valence-corrected chi connectivity index (χ2v) is 5.19. The minimum absolute atomic E-state index is 0.0569. The first-order valence-corrected chi connectivity index (χ1v) is 6.99. The van der Waals surface area contributed by atoms with E-state index in [9.17, 15) is 22.8 Å². The highest BCUT2D eigenvalue weighted by Gasteiger charge is 2.42. The van der Waals surface area contributed by atoms with Gasteiger partial charge in [0.1, 0.15) is 11.9 Å². The largest absolute Gasteiger partial charge is 0.330 e. The number of halogens is 3. The van der Waals surface area contributed by atoms with Gasteiger partial charge < -0.3 is 5.32 Å². The van der Waals surface area contributed by atoms with E-state index in [-0.39, 0.29) is 5.82 Å². The number of carbonyl (C=O) groups is 2. The number of aromatic nitrogens is 3. The number of carbonyl (C=O) groups excluding carboxylic acids is 2. The fourth-order valence-corrected chi connectivity index (χ4v) is 2.43. The number of amides is 3. The summed E-state index contributed by atoms with van der Waals surface area (Å²) in [6.07, 6.45) is -3.50. The van der Waals surface area contributed by atoms with Crippen LogP contribution in [0.4, 0.5) is 23.8 Å². The van der Waals surface area contributed by atoms with Crippen molar-refractivity contribution in [1.82, 2.24) is 20.3 Å². The summed E-state index contributed by atoms with van der Waals surface area (Å²) in [5, 5.41) is 9.82. The topological polar surface area (TPSA) is 80.1 Å². The molecule has 0 spiro atoms. The number of benzene rings is 1. The van der Waals surface area contributed by atoms with Gasteiger partial charge >= 0.3 is 6.03 Å². The smallest absolute Gasteiger partial charge is 0.325 e. The third-order valence-electron chi connectivity index (χ3n) is 3.59. The van der Waals surface area contributed by atoms with Crippen molar-refractivity contribution in [3.05, 3.63) is 35.8 Å². The fraction of sp³-hybridized carbons (Fsp3) is 0.286. The maximum absolute atomic E-state index is 13.0. The monoisotopic (exact) mass is 339 g/mol. The van der Waals surface area contributed by atoms with Crippen molar-refractivity contribution in [3.8, 4) is 5.69 Å². The highest BCUT2D eigenvalue weighted by Crippen LogP contribution is 2.24. The van der Waals surface area contributed by atoms with Crippen LogP contribution in [0.15, 0.2) is 24.3 Å². The molecule has 1 aliphatic rings. The average molecular weight is 339 g/mol. The molecule has 1 aliphatic heterocycles. The van der Waals surface area contributed by atoms with Gasteiger partial charge in [0, 0.05) is 6.42 Å². The summed E-state index contributed by atoms with van der Waals surface area (Å²) in [6, 6.07) is 3.22. The van der Waals surface area contributed by atoms with Crippen LogP contribution in [-0.2, 0) is 4.79 Å². The molecule has 2 aromatic rings. The third kappa shape index (κ3) is 2.70. The molecular weight excluding hydrogens is 327 g/mol. The average Bonchev–Trinajstić information content (AvgIpc) is 3.00. The Kier molecular flexibility index (Phi) is 3.96. The zero-order valence-electron chi connectivity index (χ0n) is 12.4. The van der Waals surface area contributed by atoms with E-state index in [1.807, 2.05) is 0 Å². The number of hydrogen-bond acceptors (Lipinski definition) is 4. The highest BCUT2D eigenvalue weighted by molar-refractivity contribution is 6.21. The molecule has 2 heterocycles. The summed E-state index contributed by atoms with van der Waals surface area (Å²) >= 11 is 0. The lowest BCUT2D eigenvalue weighted by molar-refractivity contribution is -0.119. The Morgan fingerprint density at radius 2 is 1.92 bits per heavy atom. The SMILES string of the molecule is Cc1c(N2C(=O)NC(CC(F)F)C2=O)nnn1-c1ccc(F)cc1. The van der Waals surface area contributed by atoms with Gasteiger partial charge in [0.05, 0.1) is 11.4 Å². The Bertz CT molecular complexity index is 790. The zero-order chi connectivity index (χ0) is 17.4. The van der Waals surface area contributed by atoms with Crippen molar-refractivity contribution < 1.29 is 22.8 Å². The lowest BCUT2D eigenvalue weighted by Crippen LogP contribution is -2.33. The number of nitrogens with zero attached hydrogens (tertiary/aromatic N) is 4. The molecule has 1 aromatic carbocycles. The first kappa shape index (κ1) is 16.0. The Balaban J connectivity index is 1.92. The third-order valence-corrected chi connectivity index (χ3v) is 3.59. The maximum atomic E-state index is 13.0. The summed E-state index contributed by atoms with van der Waals surface area (Å²) in [6.45, 7) is 1.56. The van der Waals surface area contributed by atoms with Crippen LogP contribution < -0.4 is 10.2 Å². The lowest BCUT2D eigenvalue weighted by atomic mass is 10.2. The van der Waals surface area contributed by atoms with E-state index in [1.165, 1.54) is 28.9 Å². The summed E-state index contributed by atoms with van der Waals surface area (Å²) in [4.78, 5) is 24.8. The molecule has 1 fully saturated rings. The Morgan fingerprint density at radius 3 is 2.54 bits per heavy atom. The van der Waals surface area contributed by atoms with Gasteiger partial charge in [-0.1, -0.05) is 5.21 Å². The van der Waals surface area contributed by atoms with Crippen LogP contribution in [0.2, 0.25) is 0 Å². The molecule has 126 valence electrons. The number of rotatable bonds is 4. The number of nitrogens with one attached hydrogen (secondary N) is 1. The predicted molar refractivity (Wildman–Crippen MR) is 76.5 cm³/mol. The van der Waals surface area contributed by atoms with Gasteiger partial charge in [-0.3, -0.25) is 4.79 Å². The summed E-state index contributed by atoms with van der Waals surface area (Å²) in [5.74, 6) is -1.30. The number of hydrogen-bond donors (Lipinski definition) is 1. The fourth-order valence-electron chi connectivity index (χ4n) is 2.43. The summed E-state index contributed by atoms with van der Waals surface area (Å²) < 4.78 is 39.2. The van der Waals surface area contributed by atoms with Gasteiger partial charge in [0.2, 0.25) is 6.43 Å². The van der Waals surface area contributed by atoms with E-state index >= 15 is 0 Å². The van der Waals surface area contributed by atoms with E-state index in [4.69, 9.17) is 0 Å². The number of urea groups is 1. The van der Waals surface area contributed by atoms with Crippen LogP contribution in [0.1, 0.15) is 12.1 Å². The molecule has 0 radical (unpaired) electrons. The van der Waals surface area contributed by atoms with Crippen LogP contribution in [0.25, 0.3) is 5.69 Å². The molecule has 3 amide bonds. The molecule has 10 heteroatoms. The Hall–Kier alpha value is -2.91. The van der Waals surface area contributed by atoms with Crippen LogP contribution in [0, 0.1) is 12.7 Å². The van der Waals surface area contributed by atoms with Crippen LogP contribution in [0.3, 0.4) is 0 Å². The van der Waals surface area contributed by atoms with Crippen LogP contribution >= 0.6 is 0 Å². The van der Waals surface area contributed by atoms with Gasteiger partial charge in [-0.2, -0.15) is 0 Å². The van der Waals surface area contributed by atoms with Crippen molar-refractivity contribution in [2.75, 3.05) is 4.90 Å². The molecule has 0 saturated carbocycles. The van der Waals surface area contributed by atoms with Crippen molar-refractivity contribution in [1.29, 1.82) is 0 Å². The van der Waals surface area contributed by atoms with Gasteiger partial charge in [-0.25, -0.2) is 27.5 Å². The molecule has 0 aliphatic carbocycles. The van der Waals surface area contributed by atoms with Gasteiger partial charge in [0.15, 0.2) is 5.82 Å². The second kappa shape index (κ2) is 5.95. The Morgan fingerprint density at radius 1 is 1.25 bits per heavy atom. The van der Waals surface area contributed by atoms with Gasteiger partial charge in [0.25, 0.3) is 5.91 Å². The van der Waals surface area contributed by atoms with Gasteiger partial charge in [-0.05, 0) is 31.2 Å². The summed E-state index contributed by atoms with van der Waals surface area (Å²) in [5.41, 5.74) is 0.812. The van der Waals surface area contributed by atoms with E-state index in [0.717, 1.165) is 0 Å². The normalized spacial score (nSPS) is 17.7. The minimum atomic E-state index is -2.73. The number of anilines is 1. The number of imide groups is 1. The van der Waals surface area contributed by atoms with Gasteiger partial charge in [-0.15, -0.1) is 5.10 Å². The van der Waals surface area contributed by atoms with Crippen molar-refractivity contribution in [2.45, 2.75) is 25.8 Å².